The molecule has 0 saturated carbocycles. The number of aromatic nitrogens is 6. The maximum atomic E-state index is 15.9. The summed E-state index contributed by atoms with van der Waals surface area (Å²) in [5.74, 6) is -0.683. The minimum absolute atomic E-state index is 0.0000536. The highest BCUT2D eigenvalue weighted by Gasteiger charge is 2.27. The molecule has 198 valence electrons. The molecule has 1 atom stereocenters. The van der Waals surface area contributed by atoms with Gasteiger partial charge in [-0.3, -0.25) is 4.40 Å². The normalized spacial score (nSPS) is 15.9. The third-order valence-corrected chi connectivity index (χ3v) is 6.81. The number of rotatable bonds is 5. The molecule has 39 heavy (non-hydrogen) atoms. The van der Waals surface area contributed by atoms with Gasteiger partial charge in [0.2, 0.25) is 0 Å². The van der Waals surface area contributed by atoms with Crippen LogP contribution in [0.1, 0.15) is 25.8 Å². The lowest BCUT2D eigenvalue weighted by molar-refractivity contribution is 0.0585. The Bertz CT molecular complexity index is 1780. The first-order valence-electron chi connectivity index (χ1n) is 12.5. The molecule has 4 heterocycles. The molecule has 1 unspecified atom stereocenters. The van der Waals surface area contributed by atoms with Crippen molar-refractivity contribution < 1.29 is 13.9 Å². The fraction of sp³-hybridized carbons (Fsp3) is 0.296. The largest absolute Gasteiger partial charge is 0.389 e. The molecule has 2 aromatic carbocycles. The molecule has 0 aliphatic carbocycles. The standard InChI is InChI=1S/C27H25F2N9O/c1-27(2,39)14-38-22-11-20(29)18(10-21(22)34-35-38)24-23(15-3-4-16(12-30)19(28)9-15)33-26-25(32-6-8-37(24)26)36-7-5-17(31)13-36/h3-4,6,8-11,17,39H,5,7,13-14,31H2,1-2H3. The van der Waals surface area contributed by atoms with Crippen LogP contribution in [-0.2, 0) is 6.54 Å². The van der Waals surface area contributed by atoms with E-state index < -0.39 is 17.2 Å². The van der Waals surface area contributed by atoms with Crippen molar-refractivity contribution >= 4 is 22.5 Å². The van der Waals surface area contributed by atoms with Crippen molar-refractivity contribution in [1.82, 2.24) is 29.4 Å². The molecule has 1 fully saturated rings. The van der Waals surface area contributed by atoms with E-state index in [2.05, 4.69) is 15.3 Å². The number of benzene rings is 2. The molecule has 3 N–H and O–H groups in total. The summed E-state index contributed by atoms with van der Waals surface area (Å²) in [6, 6.07) is 8.89. The van der Waals surface area contributed by atoms with Crippen molar-refractivity contribution in [2.45, 2.75) is 38.5 Å². The summed E-state index contributed by atoms with van der Waals surface area (Å²) in [5.41, 5.74) is 7.51. The van der Waals surface area contributed by atoms with Gasteiger partial charge >= 0.3 is 0 Å². The predicted molar refractivity (Wildman–Crippen MR) is 141 cm³/mol. The summed E-state index contributed by atoms with van der Waals surface area (Å²) in [6.07, 6.45) is 4.08. The number of nitrogens with two attached hydrogens (primary N) is 1. The number of fused-ring (bicyclic) bond motifs is 2. The SMILES string of the molecule is CC(C)(O)Cn1nnc2cc(-c3c(-c4ccc(C#N)c(F)c4)nc4c(N5CCC(N)C5)nccn34)c(F)cc21. The van der Waals surface area contributed by atoms with E-state index in [1.165, 1.54) is 22.9 Å². The van der Waals surface area contributed by atoms with Crippen molar-refractivity contribution in [2.75, 3.05) is 18.0 Å². The smallest absolute Gasteiger partial charge is 0.181 e. The highest BCUT2D eigenvalue weighted by atomic mass is 19.1. The summed E-state index contributed by atoms with van der Waals surface area (Å²) in [5, 5.41) is 27.7. The summed E-state index contributed by atoms with van der Waals surface area (Å²) in [4.78, 5) is 11.4. The van der Waals surface area contributed by atoms with Crippen LogP contribution in [0.15, 0.2) is 42.7 Å². The molecule has 0 spiro atoms. The molecular formula is C27H25F2N9O. The quantitative estimate of drug-likeness (QED) is 0.354. The molecule has 6 rings (SSSR count). The molecule has 0 radical (unpaired) electrons. The molecule has 1 aliphatic rings. The Morgan fingerprint density at radius 1 is 1.21 bits per heavy atom. The molecular weight excluding hydrogens is 504 g/mol. The first-order chi connectivity index (χ1) is 18.6. The van der Waals surface area contributed by atoms with Crippen LogP contribution in [0.5, 0.6) is 0 Å². The number of nitriles is 1. The van der Waals surface area contributed by atoms with Gasteiger partial charge < -0.3 is 15.7 Å². The monoisotopic (exact) mass is 529 g/mol. The number of hydrogen-bond donors (Lipinski definition) is 2. The Labute approximate surface area is 221 Å². The molecule has 0 bridgehead atoms. The topological polar surface area (TPSA) is 134 Å². The summed E-state index contributed by atoms with van der Waals surface area (Å²) in [6.45, 7) is 4.68. The van der Waals surface area contributed by atoms with E-state index in [1.807, 2.05) is 11.0 Å². The fourth-order valence-corrected chi connectivity index (χ4v) is 5.03. The lowest BCUT2D eigenvalue weighted by atomic mass is 10.0. The van der Waals surface area contributed by atoms with E-state index in [0.29, 0.717) is 52.5 Å². The van der Waals surface area contributed by atoms with Crippen molar-refractivity contribution in [3.63, 3.8) is 0 Å². The number of halogens is 2. The lowest BCUT2D eigenvalue weighted by Crippen LogP contribution is -2.27. The summed E-state index contributed by atoms with van der Waals surface area (Å²) < 4.78 is 33.8. The number of nitrogens with zero attached hydrogens (tertiary/aromatic N) is 8. The summed E-state index contributed by atoms with van der Waals surface area (Å²) in [7, 11) is 0. The van der Waals surface area contributed by atoms with Crippen LogP contribution in [0.25, 0.3) is 39.2 Å². The van der Waals surface area contributed by atoms with Crippen molar-refractivity contribution in [3.05, 3.63) is 59.9 Å². The fourth-order valence-electron chi connectivity index (χ4n) is 5.03. The first kappa shape index (κ1) is 24.8. The van der Waals surface area contributed by atoms with E-state index in [9.17, 15) is 14.8 Å². The maximum Gasteiger partial charge on any atom is 0.181 e. The van der Waals surface area contributed by atoms with Crippen molar-refractivity contribution in [3.8, 4) is 28.6 Å². The average molecular weight is 530 g/mol. The molecule has 1 aliphatic heterocycles. The zero-order chi connectivity index (χ0) is 27.5. The highest BCUT2D eigenvalue weighted by molar-refractivity contribution is 5.89. The van der Waals surface area contributed by atoms with Gasteiger partial charge in [0.1, 0.15) is 23.2 Å². The molecule has 1 saturated heterocycles. The zero-order valence-electron chi connectivity index (χ0n) is 21.3. The van der Waals surface area contributed by atoms with E-state index in [0.717, 1.165) is 6.42 Å². The van der Waals surface area contributed by atoms with Gasteiger partial charge in [-0.05, 0) is 38.5 Å². The highest BCUT2D eigenvalue weighted by Crippen LogP contribution is 2.38. The van der Waals surface area contributed by atoms with Gasteiger partial charge in [-0.15, -0.1) is 5.10 Å². The van der Waals surface area contributed by atoms with Crippen LogP contribution in [-0.4, -0.2) is 59.2 Å². The van der Waals surface area contributed by atoms with Crippen LogP contribution in [0.3, 0.4) is 0 Å². The van der Waals surface area contributed by atoms with Gasteiger partial charge in [-0.2, -0.15) is 5.26 Å². The van der Waals surface area contributed by atoms with Gasteiger partial charge in [0, 0.05) is 48.7 Å². The van der Waals surface area contributed by atoms with Crippen molar-refractivity contribution in [1.29, 1.82) is 5.26 Å². The van der Waals surface area contributed by atoms with E-state index in [-0.39, 0.29) is 23.7 Å². The summed E-state index contributed by atoms with van der Waals surface area (Å²) >= 11 is 0. The third-order valence-electron chi connectivity index (χ3n) is 6.81. The molecule has 12 heteroatoms. The Kier molecular flexibility index (Phi) is 5.78. The number of anilines is 1. The number of aliphatic hydroxyl groups is 1. The number of imidazole rings is 1. The molecule has 3 aromatic heterocycles. The Morgan fingerprint density at radius 3 is 2.72 bits per heavy atom. The first-order valence-corrected chi connectivity index (χ1v) is 12.5. The number of hydrogen-bond acceptors (Lipinski definition) is 8. The Balaban J connectivity index is 1.60. The van der Waals surface area contributed by atoms with E-state index in [1.54, 1.807) is 42.8 Å². The van der Waals surface area contributed by atoms with E-state index in [4.69, 9.17) is 10.7 Å². The second kappa shape index (κ2) is 9.07. The Morgan fingerprint density at radius 2 is 2.03 bits per heavy atom. The maximum absolute atomic E-state index is 15.9. The molecule has 0 amide bonds. The van der Waals surface area contributed by atoms with Crippen LogP contribution in [0, 0.1) is 23.0 Å². The van der Waals surface area contributed by atoms with Crippen LogP contribution in [0.4, 0.5) is 14.6 Å². The molecule has 5 aromatic rings. The lowest BCUT2D eigenvalue weighted by Gasteiger charge is -2.17. The Hall–Kier alpha value is -4.47. The van der Waals surface area contributed by atoms with Gasteiger partial charge in [0.15, 0.2) is 11.5 Å². The minimum Gasteiger partial charge on any atom is -0.389 e. The van der Waals surface area contributed by atoms with E-state index >= 15 is 4.39 Å². The second-order valence-electron chi connectivity index (χ2n) is 10.4. The zero-order valence-corrected chi connectivity index (χ0v) is 21.3. The van der Waals surface area contributed by atoms with Crippen LogP contribution < -0.4 is 10.6 Å². The van der Waals surface area contributed by atoms with Gasteiger partial charge in [-0.1, -0.05) is 11.3 Å². The van der Waals surface area contributed by atoms with Gasteiger partial charge in [0.05, 0.1) is 34.6 Å². The predicted octanol–water partition coefficient (Wildman–Crippen LogP) is 3.27. The second-order valence-corrected chi connectivity index (χ2v) is 10.4. The van der Waals surface area contributed by atoms with Gasteiger partial charge in [0.25, 0.3) is 0 Å². The van der Waals surface area contributed by atoms with Crippen LogP contribution >= 0.6 is 0 Å². The minimum atomic E-state index is -1.08. The average Bonchev–Trinajstić information content (AvgIpc) is 3.59. The molecule has 10 nitrogen and oxygen atoms in total. The van der Waals surface area contributed by atoms with Crippen molar-refractivity contribution in [2.24, 2.45) is 5.73 Å². The third kappa shape index (κ3) is 4.35. The van der Waals surface area contributed by atoms with Crippen LogP contribution in [0.2, 0.25) is 0 Å². The van der Waals surface area contributed by atoms with Gasteiger partial charge in [-0.25, -0.2) is 23.4 Å².